The van der Waals surface area contributed by atoms with Crippen molar-refractivity contribution < 1.29 is 14.3 Å². The Morgan fingerprint density at radius 2 is 2.16 bits per heavy atom. The second-order valence-electron chi connectivity index (χ2n) is 5.35. The normalized spacial score (nSPS) is 24.3. The number of benzene rings is 1. The SMILES string of the molecule is CCOC1CC(CC(O)c2cc3ccccc3o2)C1. The Hall–Kier alpha value is -1.32. The van der Waals surface area contributed by atoms with Crippen molar-refractivity contribution >= 4 is 11.0 Å². The molecule has 0 amide bonds. The molecule has 1 aromatic heterocycles. The summed E-state index contributed by atoms with van der Waals surface area (Å²) in [7, 11) is 0. The van der Waals surface area contributed by atoms with Gasteiger partial charge in [0, 0.05) is 12.0 Å². The van der Waals surface area contributed by atoms with Crippen molar-refractivity contribution in [2.24, 2.45) is 5.92 Å². The van der Waals surface area contributed by atoms with E-state index < -0.39 is 6.10 Å². The van der Waals surface area contributed by atoms with E-state index in [9.17, 15) is 5.11 Å². The molecule has 0 aliphatic heterocycles. The van der Waals surface area contributed by atoms with Gasteiger partial charge in [-0.1, -0.05) is 18.2 Å². The molecule has 102 valence electrons. The van der Waals surface area contributed by atoms with E-state index in [1.54, 1.807) is 0 Å². The zero-order valence-corrected chi connectivity index (χ0v) is 11.2. The second kappa shape index (κ2) is 5.35. The van der Waals surface area contributed by atoms with Gasteiger partial charge in [0.2, 0.25) is 0 Å². The van der Waals surface area contributed by atoms with Crippen molar-refractivity contribution in [2.45, 2.75) is 38.4 Å². The summed E-state index contributed by atoms with van der Waals surface area (Å²) in [6, 6.07) is 9.80. The van der Waals surface area contributed by atoms with Crippen LogP contribution in [0, 0.1) is 5.92 Å². The van der Waals surface area contributed by atoms with E-state index in [0.29, 0.717) is 17.8 Å². The Morgan fingerprint density at radius 3 is 2.89 bits per heavy atom. The molecule has 1 aliphatic rings. The van der Waals surface area contributed by atoms with Gasteiger partial charge >= 0.3 is 0 Å². The highest BCUT2D eigenvalue weighted by Gasteiger charge is 2.32. The minimum absolute atomic E-state index is 0.401. The van der Waals surface area contributed by atoms with Crippen LogP contribution in [-0.2, 0) is 4.74 Å². The fraction of sp³-hybridized carbons (Fsp3) is 0.500. The maximum Gasteiger partial charge on any atom is 0.134 e. The Morgan fingerprint density at radius 1 is 1.37 bits per heavy atom. The van der Waals surface area contributed by atoms with Crippen molar-refractivity contribution in [1.29, 1.82) is 0 Å². The van der Waals surface area contributed by atoms with Crippen LogP contribution in [0.2, 0.25) is 0 Å². The quantitative estimate of drug-likeness (QED) is 0.891. The number of aliphatic hydroxyl groups is 1. The predicted molar refractivity (Wildman–Crippen MR) is 73.9 cm³/mol. The van der Waals surface area contributed by atoms with Crippen LogP contribution in [0.1, 0.15) is 38.1 Å². The lowest BCUT2D eigenvalue weighted by Gasteiger charge is -2.35. The lowest BCUT2D eigenvalue weighted by atomic mass is 9.78. The third-order valence-corrected chi connectivity index (χ3v) is 3.92. The number of hydrogen-bond donors (Lipinski definition) is 1. The Balaban J connectivity index is 1.60. The standard InChI is InChI=1S/C16H20O3/c1-2-18-13-7-11(8-13)9-14(17)16-10-12-5-3-4-6-15(12)19-16/h3-6,10-11,13-14,17H,2,7-9H2,1H3. The maximum absolute atomic E-state index is 10.2. The van der Waals surface area contributed by atoms with Crippen molar-refractivity contribution in [3.05, 3.63) is 36.1 Å². The van der Waals surface area contributed by atoms with Gasteiger partial charge in [0.05, 0.1) is 6.10 Å². The fourth-order valence-corrected chi connectivity index (χ4v) is 2.84. The minimum Gasteiger partial charge on any atom is -0.458 e. The molecule has 0 spiro atoms. The molecule has 0 saturated heterocycles. The number of rotatable bonds is 5. The van der Waals surface area contributed by atoms with Crippen LogP contribution < -0.4 is 0 Å². The van der Waals surface area contributed by atoms with Crippen LogP contribution in [0.5, 0.6) is 0 Å². The van der Waals surface area contributed by atoms with Gasteiger partial charge in [-0.2, -0.15) is 0 Å². The summed E-state index contributed by atoms with van der Waals surface area (Å²) in [6.45, 7) is 2.81. The van der Waals surface area contributed by atoms with Gasteiger partial charge < -0.3 is 14.3 Å². The summed E-state index contributed by atoms with van der Waals surface area (Å²) in [6.07, 6.45) is 2.79. The molecule has 1 aromatic carbocycles. The maximum atomic E-state index is 10.2. The highest BCUT2D eigenvalue weighted by molar-refractivity contribution is 5.77. The molecule has 1 N–H and O–H groups in total. The number of hydrogen-bond acceptors (Lipinski definition) is 3. The van der Waals surface area contributed by atoms with E-state index in [1.807, 2.05) is 37.3 Å². The van der Waals surface area contributed by atoms with Gasteiger partial charge in [-0.05, 0) is 44.2 Å². The van der Waals surface area contributed by atoms with Gasteiger partial charge in [0.15, 0.2) is 0 Å². The molecule has 1 aliphatic carbocycles. The highest BCUT2D eigenvalue weighted by Crippen LogP contribution is 2.37. The zero-order chi connectivity index (χ0) is 13.2. The van der Waals surface area contributed by atoms with E-state index in [0.717, 1.165) is 36.8 Å². The monoisotopic (exact) mass is 260 g/mol. The van der Waals surface area contributed by atoms with E-state index >= 15 is 0 Å². The Labute approximate surface area is 113 Å². The number of para-hydroxylation sites is 1. The van der Waals surface area contributed by atoms with Crippen molar-refractivity contribution in [1.82, 2.24) is 0 Å². The molecule has 3 rings (SSSR count). The van der Waals surface area contributed by atoms with Gasteiger partial charge in [-0.15, -0.1) is 0 Å². The Bertz CT molecular complexity index is 507. The van der Waals surface area contributed by atoms with Gasteiger partial charge in [0.1, 0.15) is 17.4 Å². The number of furan rings is 1. The molecule has 1 unspecified atom stereocenters. The molecule has 1 heterocycles. The van der Waals surface area contributed by atoms with Crippen molar-refractivity contribution in [3.8, 4) is 0 Å². The number of ether oxygens (including phenoxy) is 1. The molecule has 0 radical (unpaired) electrons. The molecule has 3 heteroatoms. The molecule has 1 fully saturated rings. The van der Waals surface area contributed by atoms with E-state index in [1.165, 1.54) is 0 Å². The number of fused-ring (bicyclic) bond motifs is 1. The third kappa shape index (κ3) is 2.67. The molecule has 0 bridgehead atoms. The molecule has 2 aromatic rings. The first-order valence-corrected chi connectivity index (χ1v) is 7.04. The fourth-order valence-electron chi connectivity index (χ4n) is 2.84. The largest absolute Gasteiger partial charge is 0.458 e. The molecule has 19 heavy (non-hydrogen) atoms. The van der Waals surface area contributed by atoms with Crippen LogP contribution >= 0.6 is 0 Å². The lowest BCUT2D eigenvalue weighted by molar-refractivity contribution is -0.0396. The van der Waals surface area contributed by atoms with Crippen LogP contribution in [0.4, 0.5) is 0 Å². The summed E-state index contributed by atoms with van der Waals surface area (Å²) < 4.78 is 11.2. The second-order valence-corrected chi connectivity index (χ2v) is 5.35. The van der Waals surface area contributed by atoms with Crippen LogP contribution in [0.15, 0.2) is 34.7 Å². The van der Waals surface area contributed by atoms with Crippen LogP contribution in [-0.4, -0.2) is 17.8 Å². The van der Waals surface area contributed by atoms with E-state index in [4.69, 9.17) is 9.15 Å². The highest BCUT2D eigenvalue weighted by atomic mass is 16.5. The average molecular weight is 260 g/mol. The minimum atomic E-state index is -0.500. The van der Waals surface area contributed by atoms with Crippen molar-refractivity contribution in [3.63, 3.8) is 0 Å². The van der Waals surface area contributed by atoms with Gasteiger partial charge in [-0.25, -0.2) is 0 Å². The summed E-state index contributed by atoms with van der Waals surface area (Å²) in [5, 5.41) is 11.3. The topological polar surface area (TPSA) is 42.6 Å². The summed E-state index contributed by atoms with van der Waals surface area (Å²) in [4.78, 5) is 0. The van der Waals surface area contributed by atoms with E-state index in [2.05, 4.69) is 0 Å². The molecule has 3 nitrogen and oxygen atoms in total. The van der Waals surface area contributed by atoms with E-state index in [-0.39, 0.29) is 0 Å². The van der Waals surface area contributed by atoms with Crippen LogP contribution in [0.3, 0.4) is 0 Å². The molecule has 1 atom stereocenters. The molecular formula is C16H20O3. The summed E-state index contributed by atoms with van der Waals surface area (Å²) in [5.41, 5.74) is 0.845. The third-order valence-electron chi connectivity index (χ3n) is 3.92. The van der Waals surface area contributed by atoms with Gasteiger partial charge in [0.25, 0.3) is 0 Å². The smallest absolute Gasteiger partial charge is 0.134 e. The number of aliphatic hydroxyl groups excluding tert-OH is 1. The van der Waals surface area contributed by atoms with Gasteiger partial charge in [-0.3, -0.25) is 0 Å². The average Bonchev–Trinajstić information content (AvgIpc) is 2.80. The molecular weight excluding hydrogens is 240 g/mol. The predicted octanol–water partition coefficient (Wildman–Crippen LogP) is 3.67. The summed E-state index contributed by atoms with van der Waals surface area (Å²) >= 11 is 0. The summed E-state index contributed by atoms with van der Waals surface area (Å²) in [5.74, 6) is 1.24. The zero-order valence-electron chi connectivity index (χ0n) is 11.2. The van der Waals surface area contributed by atoms with Crippen LogP contribution in [0.25, 0.3) is 11.0 Å². The first kappa shape index (κ1) is 12.7. The Kier molecular flexibility index (Phi) is 3.58. The molecule has 1 saturated carbocycles. The first-order chi connectivity index (χ1) is 9.26. The lowest BCUT2D eigenvalue weighted by Crippen LogP contribution is -2.32. The first-order valence-electron chi connectivity index (χ1n) is 7.04. The van der Waals surface area contributed by atoms with Crippen molar-refractivity contribution in [2.75, 3.05) is 6.61 Å².